The molecule has 2 atom stereocenters. The molecule has 0 spiro atoms. The van der Waals surface area contributed by atoms with Crippen LogP contribution >= 0.6 is 11.6 Å². The molecule has 2 N–H and O–H groups in total. The summed E-state index contributed by atoms with van der Waals surface area (Å²) in [6.45, 7) is 1.89. The molecular weight excluding hydrogens is 244 g/mol. The number of pyridine rings is 1. The zero-order chi connectivity index (χ0) is 12.8. The average Bonchev–Trinajstić information content (AvgIpc) is 2.28. The number of azide groups is 1. The molecule has 0 aliphatic carbocycles. The maximum absolute atomic E-state index is 9.85. The first-order valence-electron chi connectivity index (χ1n) is 5.06. The summed E-state index contributed by atoms with van der Waals surface area (Å²) in [5, 5.41) is 23.0. The van der Waals surface area contributed by atoms with Crippen LogP contribution in [0, 0.1) is 6.92 Å². The zero-order valence-corrected chi connectivity index (χ0v) is 10.0. The number of aromatic nitrogens is 1. The normalized spacial score (nSPS) is 13.9. The quantitative estimate of drug-likeness (QED) is 0.365. The molecule has 7 heteroatoms. The Hall–Kier alpha value is -1.33. The second kappa shape index (κ2) is 6.42. The molecule has 92 valence electrons. The van der Waals surface area contributed by atoms with Gasteiger partial charge in [0.1, 0.15) is 11.3 Å². The van der Waals surface area contributed by atoms with E-state index in [-0.39, 0.29) is 18.1 Å². The van der Waals surface area contributed by atoms with Crippen LogP contribution in [-0.2, 0) is 0 Å². The molecule has 1 aromatic heterocycles. The van der Waals surface area contributed by atoms with E-state index < -0.39 is 12.2 Å². The van der Waals surface area contributed by atoms with E-state index in [1.165, 1.54) is 0 Å². The molecule has 1 aromatic rings. The second-order valence-corrected chi connectivity index (χ2v) is 3.95. The average molecular weight is 257 g/mol. The predicted molar refractivity (Wildman–Crippen MR) is 63.6 cm³/mol. The molecule has 1 heterocycles. The minimum absolute atomic E-state index is 0.117. The van der Waals surface area contributed by atoms with Gasteiger partial charge in [0, 0.05) is 22.7 Å². The van der Waals surface area contributed by atoms with Gasteiger partial charge in [0.25, 0.3) is 0 Å². The van der Waals surface area contributed by atoms with Gasteiger partial charge in [-0.1, -0.05) is 22.8 Å². The number of halogens is 1. The van der Waals surface area contributed by atoms with Gasteiger partial charge in [-0.25, -0.2) is 4.98 Å². The van der Waals surface area contributed by atoms with Crippen LogP contribution in [-0.4, -0.2) is 27.8 Å². The van der Waals surface area contributed by atoms with E-state index in [1.807, 2.05) is 0 Å². The van der Waals surface area contributed by atoms with Crippen molar-refractivity contribution in [3.05, 3.63) is 39.0 Å². The number of aryl methyl sites for hydroxylation is 1. The fraction of sp³-hybridized carbons (Fsp3) is 0.500. The highest BCUT2D eigenvalue weighted by molar-refractivity contribution is 6.30. The Morgan fingerprint density at radius 3 is 2.82 bits per heavy atom. The van der Waals surface area contributed by atoms with E-state index in [4.69, 9.17) is 17.1 Å². The van der Waals surface area contributed by atoms with Gasteiger partial charge >= 0.3 is 0 Å². The predicted octanol–water partition coefficient (Wildman–Crippen LogP) is 2.14. The lowest BCUT2D eigenvalue weighted by Gasteiger charge is -2.18. The summed E-state index contributed by atoms with van der Waals surface area (Å²) in [5.41, 5.74) is 9.19. The summed E-state index contributed by atoms with van der Waals surface area (Å²) in [7, 11) is 0. The van der Waals surface area contributed by atoms with Crippen molar-refractivity contribution in [3.8, 4) is 0 Å². The Bertz CT molecular complexity index is 434. The van der Waals surface area contributed by atoms with Crippen molar-refractivity contribution in [3.63, 3.8) is 0 Å². The molecule has 17 heavy (non-hydrogen) atoms. The molecule has 0 aliphatic heterocycles. The molecule has 0 saturated carbocycles. The van der Waals surface area contributed by atoms with Gasteiger partial charge in [0.05, 0.1) is 6.10 Å². The van der Waals surface area contributed by atoms with E-state index in [2.05, 4.69) is 15.0 Å². The second-order valence-electron chi connectivity index (χ2n) is 3.59. The summed E-state index contributed by atoms with van der Waals surface area (Å²) in [6, 6.07) is 3.32. The molecule has 0 amide bonds. The first-order valence-corrected chi connectivity index (χ1v) is 5.44. The molecular formula is C10H13ClN4O2. The summed E-state index contributed by atoms with van der Waals surface area (Å²) >= 11 is 5.87. The van der Waals surface area contributed by atoms with Crippen LogP contribution < -0.4 is 0 Å². The molecule has 0 bridgehead atoms. The Morgan fingerprint density at radius 2 is 2.24 bits per heavy atom. The third-order valence-corrected chi connectivity index (χ3v) is 2.59. The summed E-state index contributed by atoms with van der Waals surface area (Å²) in [4.78, 5) is 6.55. The molecule has 0 aromatic carbocycles. The fourth-order valence-corrected chi connectivity index (χ4v) is 1.66. The third-order valence-electron chi connectivity index (χ3n) is 2.29. The van der Waals surface area contributed by atoms with Crippen molar-refractivity contribution in [2.45, 2.75) is 25.6 Å². The van der Waals surface area contributed by atoms with Crippen molar-refractivity contribution < 1.29 is 10.2 Å². The molecule has 0 aliphatic rings. The van der Waals surface area contributed by atoms with E-state index in [0.29, 0.717) is 5.56 Å². The van der Waals surface area contributed by atoms with E-state index in [9.17, 15) is 10.2 Å². The Kier molecular flexibility index (Phi) is 5.18. The maximum atomic E-state index is 9.85. The number of hydrogen-bond donors (Lipinski definition) is 2. The van der Waals surface area contributed by atoms with E-state index in [0.717, 1.165) is 5.69 Å². The molecule has 6 nitrogen and oxygen atoms in total. The van der Waals surface area contributed by atoms with Crippen LogP contribution in [0.2, 0.25) is 5.15 Å². The van der Waals surface area contributed by atoms with Crippen LogP contribution in [0.15, 0.2) is 17.2 Å². The largest absolute Gasteiger partial charge is 0.390 e. The molecule has 1 rings (SSSR count). The monoisotopic (exact) mass is 256 g/mol. The lowest BCUT2D eigenvalue weighted by molar-refractivity contribution is 0.0149. The van der Waals surface area contributed by atoms with Crippen LogP contribution in [0.5, 0.6) is 0 Å². The van der Waals surface area contributed by atoms with Crippen molar-refractivity contribution >= 4 is 11.6 Å². The Balaban J connectivity index is 2.73. The summed E-state index contributed by atoms with van der Waals surface area (Å²) in [6.07, 6.45) is -2.01. The van der Waals surface area contributed by atoms with Gasteiger partial charge in [-0.3, -0.25) is 0 Å². The van der Waals surface area contributed by atoms with Crippen molar-refractivity contribution in [2.24, 2.45) is 5.11 Å². The SMILES string of the molecule is Cc1ccc(C(O)C(O)CCN=[N+]=[N-])c(Cl)n1. The lowest BCUT2D eigenvalue weighted by atomic mass is 10.0. The number of nitrogens with zero attached hydrogens (tertiary/aromatic N) is 4. The van der Waals surface area contributed by atoms with Crippen molar-refractivity contribution in [1.82, 2.24) is 4.98 Å². The van der Waals surface area contributed by atoms with Gasteiger partial charge in [-0.05, 0) is 24.9 Å². The maximum Gasteiger partial charge on any atom is 0.135 e. The Labute approximate surface area is 104 Å². The van der Waals surface area contributed by atoms with Crippen LogP contribution in [0.3, 0.4) is 0 Å². The van der Waals surface area contributed by atoms with Crippen LogP contribution in [0.1, 0.15) is 23.8 Å². The minimum Gasteiger partial charge on any atom is -0.390 e. The molecule has 0 fully saturated rings. The standard InChI is InChI=1S/C10H13ClN4O2/c1-6-2-3-7(10(11)14-6)9(17)8(16)4-5-13-15-12/h2-3,8-9,16-17H,4-5H2,1H3. The highest BCUT2D eigenvalue weighted by Gasteiger charge is 2.20. The van der Waals surface area contributed by atoms with Gasteiger partial charge in [0.2, 0.25) is 0 Å². The molecule has 0 saturated heterocycles. The summed E-state index contributed by atoms with van der Waals surface area (Å²) in [5.74, 6) is 0. The number of hydrogen-bond acceptors (Lipinski definition) is 4. The molecule has 2 unspecified atom stereocenters. The number of rotatable bonds is 5. The zero-order valence-electron chi connectivity index (χ0n) is 9.28. The van der Waals surface area contributed by atoms with Gasteiger partial charge in [-0.15, -0.1) is 0 Å². The number of aliphatic hydroxyl groups excluding tert-OH is 2. The van der Waals surface area contributed by atoms with E-state index >= 15 is 0 Å². The van der Waals surface area contributed by atoms with E-state index in [1.54, 1.807) is 19.1 Å². The lowest BCUT2D eigenvalue weighted by Crippen LogP contribution is -2.19. The summed E-state index contributed by atoms with van der Waals surface area (Å²) < 4.78 is 0. The van der Waals surface area contributed by atoms with Crippen LogP contribution in [0.25, 0.3) is 10.4 Å². The van der Waals surface area contributed by atoms with Gasteiger partial charge in [-0.2, -0.15) is 0 Å². The molecule has 0 radical (unpaired) electrons. The third kappa shape index (κ3) is 3.87. The van der Waals surface area contributed by atoms with Gasteiger partial charge < -0.3 is 10.2 Å². The highest BCUT2D eigenvalue weighted by Crippen LogP contribution is 2.25. The minimum atomic E-state index is -1.13. The first kappa shape index (κ1) is 13.7. The smallest absolute Gasteiger partial charge is 0.135 e. The van der Waals surface area contributed by atoms with Crippen molar-refractivity contribution in [2.75, 3.05) is 6.54 Å². The fourth-order valence-electron chi connectivity index (χ4n) is 1.36. The van der Waals surface area contributed by atoms with Crippen molar-refractivity contribution in [1.29, 1.82) is 0 Å². The van der Waals surface area contributed by atoms with Gasteiger partial charge in [0.15, 0.2) is 0 Å². The number of aliphatic hydroxyl groups is 2. The topological polar surface area (TPSA) is 102 Å². The highest BCUT2D eigenvalue weighted by atomic mass is 35.5. The first-order chi connectivity index (χ1) is 8.06. The van der Waals surface area contributed by atoms with Crippen LogP contribution in [0.4, 0.5) is 0 Å². The Morgan fingerprint density at radius 1 is 1.53 bits per heavy atom.